The Morgan fingerprint density at radius 1 is 1.22 bits per heavy atom. The molecule has 1 heterocycles. The van der Waals surface area contributed by atoms with Gasteiger partial charge in [0.15, 0.2) is 0 Å². The van der Waals surface area contributed by atoms with Crippen molar-refractivity contribution in [2.75, 3.05) is 19.6 Å². The van der Waals surface area contributed by atoms with E-state index in [-0.39, 0.29) is 30.5 Å². The highest BCUT2D eigenvalue weighted by Crippen LogP contribution is 2.37. The molecule has 27 heavy (non-hydrogen) atoms. The molecule has 0 radical (unpaired) electrons. The maximum atomic E-state index is 12.8. The third kappa shape index (κ3) is 4.10. The summed E-state index contributed by atoms with van der Waals surface area (Å²) >= 11 is 0. The summed E-state index contributed by atoms with van der Waals surface area (Å²) < 4.78 is 38.3. The molecule has 1 aliphatic heterocycles. The van der Waals surface area contributed by atoms with Crippen molar-refractivity contribution in [3.05, 3.63) is 48.0 Å². The van der Waals surface area contributed by atoms with Gasteiger partial charge in [0.05, 0.1) is 0 Å². The molecule has 0 spiro atoms. The van der Waals surface area contributed by atoms with Crippen molar-refractivity contribution >= 4 is 16.7 Å². The Morgan fingerprint density at radius 2 is 1.89 bits per heavy atom. The zero-order chi connectivity index (χ0) is 19.8. The number of carbonyl (C=O) groups is 1. The summed E-state index contributed by atoms with van der Waals surface area (Å²) in [6, 6.07) is 14.3. The van der Waals surface area contributed by atoms with Gasteiger partial charge in [-0.2, -0.15) is 13.2 Å². The summed E-state index contributed by atoms with van der Waals surface area (Å²) in [5.74, 6) is -1.78. The average Bonchev–Trinajstić information content (AvgIpc) is 2.92. The predicted octanol–water partition coefficient (Wildman–Crippen LogP) is 4.54. The lowest BCUT2D eigenvalue weighted by Crippen LogP contribution is -2.40. The molecule has 2 aromatic carbocycles. The molecule has 0 aliphatic carbocycles. The fraction of sp³-hybridized carbons (Fsp3) is 0.476. The smallest absolute Gasteiger partial charge is 0.334 e. The van der Waals surface area contributed by atoms with Crippen LogP contribution < -0.4 is 5.32 Å². The summed E-state index contributed by atoms with van der Waals surface area (Å²) in [5.41, 5.74) is 0.791. The molecule has 1 fully saturated rings. The van der Waals surface area contributed by atoms with Crippen LogP contribution in [0.4, 0.5) is 13.2 Å². The van der Waals surface area contributed by atoms with Gasteiger partial charge < -0.3 is 10.2 Å². The number of likely N-dealkylation sites (tertiary alicyclic amines) is 1. The van der Waals surface area contributed by atoms with Crippen LogP contribution in [0, 0.1) is 11.3 Å². The number of hydrogen-bond donors (Lipinski definition) is 1. The van der Waals surface area contributed by atoms with E-state index in [2.05, 4.69) is 36.5 Å². The van der Waals surface area contributed by atoms with Gasteiger partial charge in [-0.25, -0.2) is 0 Å². The first-order chi connectivity index (χ1) is 12.6. The fourth-order valence-electron chi connectivity index (χ4n) is 3.93. The summed E-state index contributed by atoms with van der Waals surface area (Å²) in [6.07, 6.45) is -4.81. The van der Waals surface area contributed by atoms with Crippen LogP contribution in [-0.4, -0.2) is 36.6 Å². The molecule has 3 nitrogen and oxygen atoms in total. The van der Waals surface area contributed by atoms with Crippen molar-refractivity contribution in [3.8, 4) is 0 Å². The van der Waals surface area contributed by atoms with E-state index >= 15 is 0 Å². The minimum absolute atomic E-state index is 0.0405. The number of rotatable bonds is 4. The van der Waals surface area contributed by atoms with Crippen LogP contribution in [0.25, 0.3) is 10.8 Å². The van der Waals surface area contributed by atoms with Crippen LogP contribution in [0.3, 0.4) is 0 Å². The van der Waals surface area contributed by atoms with Gasteiger partial charge in [0.25, 0.3) is 0 Å². The SMILES string of the molecule is C[C@@H](NCC1CN(C(=O)C(F)(F)F)CC1(C)C)c1cccc2ccccc12. The first-order valence-electron chi connectivity index (χ1n) is 9.17. The lowest BCUT2D eigenvalue weighted by molar-refractivity contribution is -0.184. The van der Waals surface area contributed by atoms with Gasteiger partial charge >= 0.3 is 12.1 Å². The third-order valence-corrected chi connectivity index (χ3v) is 5.63. The van der Waals surface area contributed by atoms with E-state index in [1.54, 1.807) is 0 Å². The molecule has 6 heteroatoms. The van der Waals surface area contributed by atoms with Crippen LogP contribution in [0.1, 0.15) is 32.4 Å². The molecule has 0 aromatic heterocycles. The Kier molecular flexibility index (Phi) is 5.21. The average molecular weight is 378 g/mol. The summed E-state index contributed by atoms with van der Waals surface area (Å²) in [7, 11) is 0. The van der Waals surface area contributed by atoms with Crippen LogP contribution >= 0.6 is 0 Å². The van der Waals surface area contributed by atoms with Gasteiger partial charge in [0.1, 0.15) is 0 Å². The largest absolute Gasteiger partial charge is 0.471 e. The van der Waals surface area contributed by atoms with Crippen LogP contribution in [-0.2, 0) is 4.79 Å². The molecule has 1 N–H and O–H groups in total. The van der Waals surface area contributed by atoms with E-state index in [0.717, 1.165) is 15.8 Å². The van der Waals surface area contributed by atoms with E-state index in [1.807, 2.05) is 32.0 Å². The molecule has 0 bridgehead atoms. The number of nitrogens with zero attached hydrogens (tertiary/aromatic N) is 1. The van der Waals surface area contributed by atoms with E-state index in [9.17, 15) is 18.0 Å². The summed E-state index contributed by atoms with van der Waals surface area (Å²) in [6.45, 7) is 6.71. The molecule has 2 aromatic rings. The van der Waals surface area contributed by atoms with Crippen LogP contribution in [0.15, 0.2) is 42.5 Å². The third-order valence-electron chi connectivity index (χ3n) is 5.63. The number of hydrogen-bond acceptors (Lipinski definition) is 2. The Hall–Kier alpha value is -2.08. The van der Waals surface area contributed by atoms with Crippen molar-refractivity contribution in [2.45, 2.75) is 33.0 Å². The lowest BCUT2D eigenvalue weighted by atomic mass is 9.82. The minimum atomic E-state index is -4.81. The minimum Gasteiger partial charge on any atom is -0.334 e. The molecule has 1 aliphatic rings. The summed E-state index contributed by atoms with van der Waals surface area (Å²) in [5, 5.41) is 5.79. The van der Waals surface area contributed by atoms with E-state index in [1.165, 1.54) is 5.39 Å². The van der Waals surface area contributed by atoms with Gasteiger partial charge in [-0.05, 0) is 34.6 Å². The van der Waals surface area contributed by atoms with E-state index in [4.69, 9.17) is 0 Å². The number of alkyl halides is 3. The number of carbonyl (C=O) groups excluding carboxylic acids is 1. The van der Waals surface area contributed by atoms with Gasteiger partial charge in [-0.1, -0.05) is 56.3 Å². The quantitative estimate of drug-likeness (QED) is 0.847. The van der Waals surface area contributed by atoms with Crippen LogP contribution in [0.2, 0.25) is 0 Å². The number of fused-ring (bicyclic) bond motifs is 1. The highest BCUT2D eigenvalue weighted by atomic mass is 19.4. The second-order valence-corrected chi connectivity index (χ2v) is 8.07. The molecule has 146 valence electrons. The monoisotopic (exact) mass is 378 g/mol. The Bertz CT molecular complexity index is 826. The Labute approximate surface area is 157 Å². The van der Waals surface area contributed by atoms with Gasteiger partial charge in [-0.15, -0.1) is 0 Å². The second kappa shape index (κ2) is 7.15. The molecule has 1 unspecified atom stereocenters. The zero-order valence-electron chi connectivity index (χ0n) is 15.8. The number of benzene rings is 2. The van der Waals surface area contributed by atoms with Gasteiger partial charge in [-0.3, -0.25) is 4.79 Å². The van der Waals surface area contributed by atoms with Crippen molar-refractivity contribution in [2.24, 2.45) is 11.3 Å². The Morgan fingerprint density at radius 3 is 2.59 bits per heavy atom. The number of nitrogens with one attached hydrogen (secondary N) is 1. The van der Waals surface area contributed by atoms with Crippen molar-refractivity contribution in [1.82, 2.24) is 10.2 Å². The maximum Gasteiger partial charge on any atom is 0.471 e. The molecule has 2 atom stereocenters. The molecule has 1 amide bonds. The molecular formula is C21H25F3N2O. The second-order valence-electron chi connectivity index (χ2n) is 8.07. The highest BCUT2D eigenvalue weighted by molar-refractivity contribution is 5.86. The zero-order valence-corrected chi connectivity index (χ0v) is 15.8. The topological polar surface area (TPSA) is 32.3 Å². The van der Waals surface area contributed by atoms with Crippen LogP contribution in [0.5, 0.6) is 0 Å². The molecule has 1 saturated heterocycles. The van der Waals surface area contributed by atoms with Gasteiger partial charge in [0, 0.05) is 25.7 Å². The lowest BCUT2D eigenvalue weighted by Gasteiger charge is -2.27. The normalized spacial score (nSPS) is 20.8. The van der Waals surface area contributed by atoms with Crippen molar-refractivity contribution in [1.29, 1.82) is 0 Å². The Balaban J connectivity index is 1.69. The molecule has 3 rings (SSSR count). The van der Waals surface area contributed by atoms with Crippen molar-refractivity contribution < 1.29 is 18.0 Å². The number of amides is 1. The van der Waals surface area contributed by atoms with Crippen molar-refractivity contribution in [3.63, 3.8) is 0 Å². The van der Waals surface area contributed by atoms with E-state index in [0.29, 0.717) is 6.54 Å². The predicted molar refractivity (Wildman–Crippen MR) is 100 cm³/mol. The number of halogens is 3. The maximum absolute atomic E-state index is 12.8. The molecular weight excluding hydrogens is 353 g/mol. The molecule has 0 saturated carbocycles. The fourth-order valence-corrected chi connectivity index (χ4v) is 3.93. The highest BCUT2D eigenvalue weighted by Gasteiger charge is 2.49. The van der Waals surface area contributed by atoms with Gasteiger partial charge in [0.2, 0.25) is 0 Å². The van der Waals surface area contributed by atoms with E-state index < -0.39 is 12.1 Å². The summed E-state index contributed by atoms with van der Waals surface area (Å²) in [4.78, 5) is 12.5. The standard InChI is InChI=1S/C21H25F3N2O/c1-14(17-10-6-8-15-7-4-5-9-18(15)17)25-11-16-12-26(13-20(16,2)3)19(27)21(22,23)24/h4-10,14,16,25H,11-13H2,1-3H3/t14-,16?/m1/s1. The first kappa shape index (κ1) is 19.7. The first-order valence-corrected chi connectivity index (χ1v) is 9.17.